The highest BCUT2D eigenvalue weighted by atomic mass is 16.5. The molecule has 1 N–H and O–H groups in total. The normalized spacial score (nSPS) is 35.4. The van der Waals surface area contributed by atoms with Crippen LogP contribution in [0.2, 0.25) is 0 Å². The fraction of sp³-hybridized carbons (Fsp3) is 1.00. The van der Waals surface area contributed by atoms with Crippen LogP contribution >= 0.6 is 0 Å². The van der Waals surface area contributed by atoms with Gasteiger partial charge in [0.05, 0.1) is 0 Å². The molecule has 2 aliphatic rings. The van der Waals surface area contributed by atoms with Crippen molar-refractivity contribution in [2.75, 3.05) is 26.2 Å². The molecule has 0 aliphatic carbocycles. The molecule has 0 saturated carbocycles. The van der Waals surface area contributed by atoms with E-state index in [4.69, 9.17) is 4.74 Å². The molecule has 0 aromatic carbocycles. The average Bonchev–Trinajstić information content (AvgIpc) is 2.68. The minimum absolute atomic E-state index is 0.326. The van der Waals surface area contributed by atoms with Gasteiger partial charge in [-0.3, -0.25) is 5.32 Å². The molecule has 0 amide bonds. The van der Waals surface area contributed by atoms with Crippen molar-refractivity contribution in [1.29, 1.82) is 0 Å². The van der Waals surface area contributed by atoms with Crippen LogP contribution in [-0.2, 0) is 4.74 Å². The second-order valence-electron chi connectivity index (χ2n) is 4.74. The van der Waals surface area contributed by atoms with Crippen LogP contribution in [0.4, 0.5) is 0 Å². The van der Waals surface area contributed by atoms with E-state index in [1.54, 1.807) is 0 Å². The SMILES string of the molecule is CC(C)N1CCC(C2NCCCO2)C1. The maximum absolute atomic E-state index is 5.75. The Hall–Kier alpha value is -0.120. The lowest BCUT2D eigenvalue weighted by atomic mass is 10.1. The first-order valence-electron chi connectivity index (χ1n) is 5.86. The number of nitrogens with one attached hydrogen (secondary N) is 1. The molecule has 0 radical (unpaired) electrons. The van der Waals surface area contributed by atoms with E-state index in [9.17, 15) is 0 Å². The van der Waals surface area contributed by atoms with E-state index in [2.05, 4.69) is 24.1 Å². The zero-order valence-electron chi connectivity index (χ0n) is 9.33. The van der Waals surface area contributed by atoms with Crippen molar-refractivity contribution >= 4 is 0 Å². The van der Waals surface area contributed by atoms with Gasteiger partial charge in [-0.05, 0) is 39.8 Å². The summed E-state index contributed by atoms with van der Waals surface area (Å²) in [7, 11) is 0. The molecule has 0 spiro atoms. The van der Waals surface area contributed by atoms with Gasteiger partial charge in [-0.2, -0.15) is 0 Å². The molecule has 0 aromatic heterocycles. The minimum atomic E-state index is 0.326. The molecule has 2 fully saturated rings. The molecule has 2 rings (SSSR count). The molecule has 2 atom stereocenters. The Bertz CT molecular complexity index is 178. The highest BCUT2D eigenvalue weighted by Crippen LogP contribution is 2.23. The van der Waals surface area contributed by atoms with Crippen LogP contribution in [0.1, 0.15) is 26.7 Å². The molecule has 2 saturated heterocycles. The Balaban J connectivity index is 1.82. The first-order chi connectivity index (χ1) is 6.77. The largest absolute Gasteiger partial charge is 0.363 e. The Morgan fingerprint density at radius 2 is 2.29 bits per heavy atom. The highest BCUT2D eigenvalue weighted by molar-refractivity contribution is 4.83. The van der Waals surface area contributed by atoms with Crippen molar-refractivity contribution in [3.05, 3.63) is 0 Å². The molecule has 0 aromatic rings. The zero-order valence-corrected chi connectivity index (χ0v) is 9.33. The van der Waals surface area contributed by atoms with E-state index in [-0.39, 0.29) is 0 Å². The second-order valence-corrected chi connectivity index (χ2v) is 4.74. The van der Waals surface area contributed by atoms with Gasteiger partial charge in [0, 0.05) is 25.1 Å². The van der Waals surface area contributed by atoms with Crippen LogP contribution in [0.15, 0.2) is 0 Å². The van der Waals surface area contributed by atoms with Gasteiger partial charge in [0.25, 0.3) is 0 Å². The maximum Gasteiger partial charge on any atom is 0.112 e. The van der Waals surface area contributed by atoms with Crippen LogP contribution in [0.5, 0.6) is 0 Å². The van der Waals surface area contributed by atoms with Gasteiger partial charge in [0.15, 0.2) is 0 Å². The van der Waals surface area contributed by atoms with E-state index < -0.39 is 0 Å². The fourth-order valence-corrected chi connectivity index (χ4v) is 2.42. The van der Waals surface area contributed by atoms with Gasteiger partial charge in [0.1, 0.15) is 6.23 Å². The Kier molecular flexibility index (Phi) is 3.42. The van der Waals surface area contributed by atoms with Gasteiger partial charge in [0.2, 0.25) is 0 Å². The lowest BCUT2D eigenvalue weighted by molar-refractivity contribution is -0.0336. The third kappa shape index (κ3) is 2.27. The Morgan fingerprint density at radius 3 is 2.86 bits per heavy atom. The van der Waals surface area contributed by atoms with E-state index in [0.29, 0.717) is 18.2 Å². The van der Waals surface area contributed by atoms with Crippen molar-refractivity contribution in [3.8, 4) is 0 Å². The lowest BCUT2D eigenvalue weighted by Gasteiger charge is -2.29. The van der Waals surface area contributed by atoms with Crippen LogP contribution < -0.4 is 5.32 Å². The van der Waals surface area contributed by atoms with Crippen molar-refractivity contribution in [1.82, 2.24) is 10.2 Å². The van der Waals surface area contributed by atoms with Crippen LogP contribution in [0.3, 0.4) is 0 Å². The fourth-order valence-electron chi connectivity index (χ4n) is 2.42. The van der Waals surface area contributed by atoms with Crippen LogP contribution in [0, 0.1) is 5.92 Å². The Labute approximate surface area is 86.8 Å². The first-order valence-corrected chi connectivity index (χ1v) is 5.86. The van der Waals surface area contributed by atoms with E-state index in [1.165, 1.54) is 19.5 Å². The molecule has 14 heavy (non-hydrogen) atoms. The van der Waals surface area contributed by atoms with E-state index in [1.807, 2.05) is 0 Å². The monoisotopic (exact) mass is 198 g/mol. The molecule has 3 heteroatoms. The maximum atomic E-state index is 5.75. The number of likely N-dealkylation sites (tertiary alicyclic amines) is 1. The summed E-state index contributed by atoms with van der Waals surface area (Å²) in [5, 5.41) is 3.47. The highest BCUT2D eigenvalue weighted by Gasteiger charge is 2.31. The van der Waals surface area contributed by atoms with Gasteiger partial charge < -0.3 is 9.64 Å². The Morgan fingerprint density at radius 1 is 1.43 bits per heavy atom. The van der Waals surface area contributed by atoms with E-state index >= 15 is 0 Å². The summed E-state index contributed by atoms with van der Waals surface area (Å²) < 4.78 is 5.75. The van der Waals surface area contributed by atoms with Crippen molar-refractivity contribution in [2.24, 2.45) is 5.92 Å². The van der Waals surface area contributed by atoms with Gasteiger partial charge in [-0.25, -0.2) is 0 Å². The average molecular weight is 198 g/mol. The predicted molar refractivity (Wildman–Crippen MR) is 57.2 cm³/mol. The van der Waals surface area contributed by atoms with Crippen LogP contribution in [0.25, 0.3) is 0 Å². The summed E-state index contributed by atoms with van der Waals surface area (Å²) in [4.78, 5) is 2.55. The van der Waals surface area contributed by atoms with Crippen LogP contribution in [-0.4, -0.2) is 43.4 Å². The van der Waals surface area contributed by atoms with Crippen molar-refractivity contribution in [3.63, 3.8) is 0 Å². The number of rotatable bonds is 2. The summed E-state index contributed by atoms with van der Waals surface area (Å²) in [5.74, 6) is 0.706. The molecule has 2 unspecified atom stereocenters. The molecule has 82 valence electrons. The van der Waals surface area contributed by atoms with Gasteiger partial charge in [-0.15, -0.1) is 0 Å². The summed E-state index contributed by atoms with van der Waals surface area (Å²) >= 11 is 0. The summed E-state index contributed by atoms with van der Waals surface area (Å²) in [6, 6.07) is 0.684. The molecule has 2 aliphatic heterocycles. The zero-order chi connectivity index (χ0) is 9.97. The summed E-state index contributed by atoms with van der Waals surface area (Å²) in [6.07, 6.45) is 2.78. The van der Waals surface area contributed by atoms with Gasteiger partial charge >= 0.3 is 0 Å². The topological polar surface area (TPSA) is 24.5 Å². The van der Waals surface area contributed by atoms with E-state index in [0.717, 1.165) is 19.6 Å². The number of hydrogen-bond donors (Lipinski definition) is 1. The van der Waals surface area contributed by atoms with Crippen molar-refractivity contribution < 1.29 is 4.74 Å². The molecular formula is C11H22N2O. The predicted octanol–water partition coefficient (Wildman–Crippen LogP) is 1.05. The summed E-state index contributed by atoms with van der Waals surface area (Å²) in [5.41, 5.74) is 0. The third-order valence-electron chi connectivity index (χ3n) is 3.38. The molecule has 2 heterocycles. The second kappa shape index (κ2) is 4.60. The first kappa shape index (κ1) is 10.4. The molecule has 0 bridgehead atoms. The third-order valence-corrected chi connectivity index (χ3v) is 3.38. The lowest BCUT2D eigenvalue weighted by Crippen LogP contribution is -2.44. The number of hydrogen-bond acceptors (Lipinski definition) is 3. The standard InChI is InChI=1S/C11H22N2O/c1-9(2)13-6-4-10(8-13)11-12-5-3-7-14-11/h9-12H,3-8H2,1-2H3. The molecule has 3 nitrogen and oxygen atoms in total. The van der Waals surface area contributed by atoms with Gasteiger partial charge in [-0.1, -0.05) is 0 Å². The quantitative estimate of drug-likeness (QED) is 0.718. The number of nitrogens with zero attached hydrogens (tertiary/aromatic N) is 1. The smallest absolute Gasteiger partial charge is 0.112 e. The number of ether oxygens (including phenoxy) is 1. The summed E-state index contributed by atoms with van der Waals surface area (Å²) in [6.45, 7) is 9.06. The van der Waals surface area contributed by atoms with Crippen molar-refractivity contribution in [2.45, 2.75) is 39.0 Å². The molecular weight excluding hydrogens is 176 g/mol. The minimum Gasteiger partial charge on any atom is -0.363 e.